The van der Waals surface area contributed by atoms with Crippen LogP contribution < -0.4 is 10.6 Å². The third-order valence-corrected chi connectivity index (χ3v) is 3.08. The molecule has 0 aliphatic heterocycles. The molecule has 20 heavy (non-hydrogen) atoms. The van der Waals surface area contributed by atoms with Crippen LogP contribution in [0.2, 0.25) is 0 Å². The topological polar surface area (TPSA) is 78.4 Å². The molecule has 0 spiro atoms. The number of carboxylic acids is 1. The number of hydrogen-bond acceptors (Lipinski definition) is 2. The number of aliphatic carboxylic acids is 1. The van der Waals surface area contributed by atoms with E-state index in [-0.39, 0.29) is 18.5 Å². The summed E-state index contributed by atoms with van der Waals surface area (Å²) in [4.78, 5) is 22.8. The maximum Gasteiger partial charge on any atom is 0.319 e. The highest BCUT2D eigenvalue weighted by atomic mass is 16.4. The highest BCUT2D eigenvalue weighted by Gasteiger charge is 2.21. The van der Waals surface area contributed by atoms with Crippen molar-refractivity contribution in [1.29, 1.82) is 0 Å². The largest absolute Gasteiger partial charge is 0.481 e. The van der Waals surface area contributed by atoms with Gasteiger partial charge in [0, 0.05) is 12.2 Å². The van der Waals surface area contributed by atoms with Crippen molar-refractivity contribution in [3.63, 3.8) is 0 Å². The van der Waals surface area contributed by atoms with Crippen LogP contribution in [0.5, 0.6) is 0 Å². The van der Waals surface area contributed by atoms with E-state index in [4.69, 9.17) is 5.11 Å². The minimum atomic E-state index is -0.897. The minimum Gasteiger partial charge on any atom is -0.481 e. The number of rotatable bonds is 5. The van der Waals surface area contributed by atoms with Crippen LogP contribution in [0.15, 0.2) is 18.2 Å². The number of carbonyl (C=O) groups excluding carboxylic acids is 1. The van der Waals surface area contributed by atoms with E-state index in [9.17, 15) is 9.59 Å². The number of anilines is 1. The van der Waals surface area contributed by atoms with E-state index in [2.05, 4.69) is 10.6 Å². The van der Waals surface area contributed by atoms with E-state index in [1.165, 1.54) is 0 Å². The molecule has 1 aromatic carbocycles. The molecule has 0 aliphatic carbocycles. The maximum absolute atomic E-state index is 11.8. The van der Waals surface area contributed by atoms with E-state index >= 15 is 0 Å². The summed E-state index contributed by atoms with van der Waals surface area (Å²) in [5.74, 6) is -1.51. The summed E-state index contributed by atoms with van der Waals surface area (Å²) >= 11 is 0. The average molecular weight is 278 g/mol. The van der Waals surface area contributed by atoms with Crippen molar-refractivity contribution in [2.45, 2.75) is 27.7 Å². The van der Waals surface area contributed by atoms with Crippen molar-refractivity contribution in [2.24, 2.45) is 11.8 Å². The van der Waals surface area contributed by atoms with E-state index < -0.39 is 11.9 Å². The summed E-state index contributed by atoms with van der Waals surface area (Å²) in [5, 5.41) is 14.4. The average Bonchev–Trinajstić information content (AvgIpc) is 2.26. The van der Waals surface area contributed by atoms with Gasteiger partial charge in [-0.3, -0.25) is 4.79 Å². The highest BCUT2D eigenvalue weighted by molar-refractivity contribution is 5.89. The fourth-order valence-corrected chi connectivity index (χ4v) is 2.03. The van der Waals surface area contributed by atoms with Crippen LogP contribution in [-0.2, 0) is 4.79 Å². The van der Waals surface area contributed by atoms with Crippen LogP contribution in [0.4, 0.5) is 10.5 Å². The smallest absolute Gasteiger partial charge is 0.319 e. The number of carbonyl (C=O) groups is 2. The zero-order valence-electron chi connectivity index (χ0n) is 12.4. The summed E-state index contributed by atoms with van der Waals surface area (Å²) in [6.07, 6.45) is 0. The quantitative estimate of drug-likeness (QED) is 0.775. The Labute approximate surface area is 119 Å². The molecule has 0 heterocycles. The second kappa shape index (κ2) is 6.93. The summed E-state index contributed by atoms with van der Waals surface area (Å²) in [5.41, 5.74) is 2.83. The molecule has 1 rings (SSSR count). The van der Waals surface area contributed by atoms with Crippen LogP contribution in [-0.4, -0.2) is 23.7 Å². The predicted molar refractivity (Wildman–Crippen MR) is 78.9 cm³/mol. The summed E-state index contributed by atoms with van der Waals surface area (Å²) in [7, 11) is 0. The Bertz CT molecular complexity index is 478. The van der Waals surface area contributed by atoms with Crippen molar-refractivity contribution in [3.05, 3.63) is 29.3 Å². The van der Waals surface area contributed by atoms with E-state index in [0.717, 1.165) is 11.1 Å². The Morgan fingerprint density at radius 2 is 1.70 bits per heavy atom. The molecule has 0 radical (unpaired) electrons. The number of benzene rings is 1. The first kappa shape index (κ1) is 16.0. The lowest BCUT2D eigenvalue weighted by atomic mass is 9.96. The number of aryl methyl sites for hydroxylation is 2. The van der Waals surface area contributed by atoms with Gasteiger partial charge in [0.1, 0.15) is 0 Å². The Morgan fingerprint density at radius 3 is 2.15 bits per heavy atom. The highest BCUT2D eigenvalue weighted by Crippen LogP contribution is 2.14. The Balaban J connectivity index is 2.57. The molecule has 0 bridgehead atoms. The van der Waals surface area contributed by atoms with Crippen molar-refractivity contribution in [3.8, 4) is 0 Å². The third kappa shape index (κ3) is 4.91. The fraction of sp³-hybridized carbons (Fsp3) is 0.467. The summed E-state index contributed by atoms with van der Waals surface area (Å²) in [6.45, 7) is 7.67. The van der Waals surface area contributed by atoms with Gasteiger partial charge in [-0.1, -0.05) is 19.9 Å². The van der Waals surface area contributed by atoms with Gasteiger partial charge in [0.05, 0.1) is 5.92 Å². The number of hydrogen-bond donors (Lipinski definition) is 3. The molecule has 5 nitrogen and oxygen atoms in total. The third-order valence-electron chi connectivity index (χ3n) is 3.08. The summed E-state index contributed by atoms with van der Waals surface area (Å²) in [6, 6.07) is 5.36. The summed E-state index contributed by atoms with van der Waals surface area (Å²) < 4.78 is 0. The molecule has 2 amide bonds. The molecule has 5 heteroatoms. The van der Waals surface area contributed by atoms with Gasteiger partial charge in [0.15, 0.2) is 0 Å². The van der Waals surface area contributed by atoms with Crippen molar-refractivity contribution in [1.82, 2.24) is 5.32 Å². The SMILES string of the molecule is Cc1cc(C)cc(NC(=O)NCC(C(=O)O)C(C)C)c1. The van der Waals surface area contributed by atoms with Crippen LogP contribution in [0.1, 0.15) is 25.0 Å². The van der Waals surface area contributed by atoms with Gasteiger partial charge in [-0.15, -0.1) is 0 Å². The fourth-order valence-electron chi connectivity index (χ4n) is 2.03. The van der Waals surface area contributed by atoms with Crippen molar-refractivity contribution >= 4 is 17.7 Å². The van der Waals surface area contributed by atoms with Gasteiger partial charge in [-0.25, -0.2) is 4.79 Å². The lowest BCUT2D eigenvalue weighted by Gasteiger charge is -2.17. The van der Waals surface area contributed by atoms with E-state index in [1.54, 1.807) is 0 Å². The van der Waals surface area contributed by atoms with Gasteiger partial charge >= 0.3 is 12.0 Å². The first-order chi connectivity index (χ1) is 9.29. The van der Waals surface area contributed by atoms with Crippen LogP contribution in [0.25, 0.3) is 0 Å². The first-order valence-corrected chi connectivity index (χ1v) is 6.65. The van der Waals surface area contributed by atoms with Gasteiger partial charge in [-0.2, -0.15) is 0 Å². The van der Waals surface area contributed by atoms with E-state index in [1.807, 2.05) is 45.9 Å². The lowest BCUT2D eigenvalue weighted by molar-refractivity contribution is -0.142. The Kier molecular flexibility index (Phi) is 5.55. The second-order valence-electron chi connectivity index (χ2n) is 5.40. The normalized spacial score (nSPS) is 12.1. The maximum atomic E-state index is 11.8. The molecule has 0 saturated heterocycles. The number of nitrogens with one attached hydrogen (secondary N) is 2. The van der Waals surface area contributed by atoms with Crippen LogP contribution in [0.3, 0.4) is 0 Å². The molecule has 0 aromatic heterocycles. The van der Waals surface area contributed by atoms with Crippen molar-refractivity contribution in [2.75, 3.05) is 11.9 Å². The molecule has 1 unspecified atom stereocenters. The number of carboxylic acid groups (broad SMARTS) is 1. The Hall–Kier alpha value is -2.04. The molecule has 0 fully saturated rings. The molecular formula is C15H22N2O3. The predicted octanol–water partition coefficient (Wildman–Crippen LogP) is 2.78. The monoisotopic (exact) mass is 278 g/mol. The number of urea groups is 1. The number of amides is 2. The van der Waals surface area contributed by atoms with Gasteiger partial charge in [0.2, 0.25) is 0 Å². The zero-order valence-corrected chi connectivity index (χ0v) is 12.4. The van der Waals surface area contributed by atoms with Gasteiger partial charge in [0.25, 0.3) is 0 Å². The van der Waals surface area contributed by atoms with Crippen LogP contribution >= 0.6 is 0 Å². The minimum absolute atomic E-state index is 0.0333. The standard InChI is InChI=1S/C15H22N2O3/c1-9(2)13(14(18)19)8-16-15(20)17-12-6-10(3)5-11(4)7-12/h5-7,9,13H,8H2,1-4H3,(H,18,19)(H2,16,17,20). The Morgan fingerprint density at radius 1 is 1.15 bits per heavy atom. The van der Waals surface area contributed by atoms with E-state index in [0.29, 0.717) is 5.69 Å². The van der Waals surface area contributed by atoms with Crippen LogP contribution in [0, 0.1) is 25.7 Å². The lowest BCUT2D eigenvalue weighted by Crippen LogP contribution is -2.37. The molecule has 110 valence electrons. The molecule has 1 atom stereocenters. The van der Waals surface area contributed by atoms with Gasteiger partial charge < -0.3 is 15.7 Å². The molecule has 0 saturated carbocycles. The zero-order chi connectivity index (χ0) is 15.3. The second-order valence-corrected chi connectivity index (χ2v) is 5.40. The first-order valence-electron chi connectivity index (χ1n) is 6.65. The van der Waals surface area contributed by atoms with Crippen molar-refractivity contribution < 1.29 is 14.7 Å². The molecule has 0 aliphatic rings. The van der Waals surface area contributed by atoms with Gasteiger partial charge in [-0.05, 0) is 43.0 Å². The molecule has 3 N–H and O–H groups in total. The molecular weight excluding hydrogens is 256 g/mol. The molecule has 1 aromatic rings.